The molecule has 1 aromatic heterocycles. The van der Waals surface area contributed by atoms with Crippen LogP contribution in [0.4, 0.5) is 0 Å². The zero-order valence-corrected chi connectivity index (χ0v) is 12.0. The molecule has 0 N–H and O–H groups in total. The van der Waals surface area contributed by atoms with E-state index in [9.17, 15) is 4.79 Å². The molecular weight excluding hydrogens is 230 g/mol. The molecule has 1 unspecified atom stereocenters. The van der Waals surface area contributed by atoms with E-state index in [4.69, 9.17) is 0 Å². The van der Waals surface area contributed by atoms with Crippen molar-refractivity contribution in [1.29, 1.82) is 0 Å². The minimum absolute atomic E-state index is 0.346. The number of carbonyl (C=O) groups excluding carboxylic acids is 1. The van der Waals surface area contributed by atoms with Crippen LogP contribution in [0.3, 0.4) is 0 Å². The molecule has 0 amide bonds. The van der Waals surface area contributed by atoms with Crippen molar-refractivity contribution in [2.75, 3.05) is 0 Å². The molecule has 0 fully saturated rings. The van der Waals surface area contributed by atoms with Gasteiger partial charge in [0.15, 0.2) is 0 Å². The Balaban J connectivity index is 2.37. The molecule has 1 aromatic rings. The quantitative estimate of drug-likeness (QED) is 0.696. The van der Waals surface area contributed by atoms with Crippen LogP contribution in [0.5, 0.6) is 0 Å². The molecule has 0 spiro atoms. The topological polar surface area (TPSA) is 30.0 Å². The predicted octanol–water partition coefficient (Wildman–Crippen LogP) is 4.17. The average Bonchev–Trinajstić information content (AvgIpc) is 2.69. The summed E-state index contributed by atoms with van der Waals surface area (Å²) in [5, 5.41) is 3.05. The van der Waals surface area contributed by atoms with E-state index < -0.39 is 0 Å². The third-order valence-electron chi connectivity index (χ3n) is 3.10. The van der Waals surface area contributed by atoms with Crippen molar-refractivity contribution in [3.8, 4) is 0 Å². The number of thiazole rings is 1. The highest BCUT2D eigenvalue weighted by Gasteiger charge is 2.13. The number of unbranched alkanes of at least 4 members (excludes halogenated alkanes) is 1. The highest BCUT2D eigenvalue weighted by atomic mass is 32.1. The van der Waals surface area contributed by atoms with Crippen molar-refractivity contribution in [1.82, 2.24) is 4.98 Å². The Morgan fingerprint density at radius 1 is 1.47 bits per heavy atom. The van der Waals surface area contributed by atoms with Crippen LogP contribution in [0.2, 0.25) is 0 Å². The van der Waals surface area contributed by atoms with E-state index in [0.29, 0.717) is 18.1 Å². The normalized spacial score (nSPS) is 12.6. The summed E-state index contributed by atoms with van der Waals surface area (Å²) in [6.07, 6.45) is 6.01. The van der Waals surface area contributed by atoms with Gasteiger partial charge in [-0.3, -0.25) is 4.79 Å². The lowest BCUT2D eigenvalue weighted by atomic mass is 9.93. The first-order chi connectivity index (χ1) is 8.15. The fourth-order valence-corrected chi connectivity index (χ4v) is 2.64. The standard InChI is InChI=1S/C14H23NOS/c1-4-6-7-12(5-2)8-14(16)9-13-10-17-11(3)15-13/h10,12H,4-9H2,1-3H3. The summed E-state index contributed by atoms with van der Waals surface area (Å²) in [7, 11) is 0. The van der Waals surface area contributed by atoms with Gasteiger partial charge < -0.3 is 0 Å². The highest BCUT2D eigenvalue weighted by molar-refractivity contribution is 7.09. The minimum Gasteiger partial charge on any atom is -0.299 e. The third kappa shape index (κ3) is 5.44. The molecule has 96 valence electrons. The number of hydrogen-bond acceptors (Lipinski definition) is 3. The lowest BCUT2D eigenvalue weighted by Gasteiger charge is -2.12. The first-order valence-corrected chi connectivity index (χ1v) is 7.46. The summed E-state index contributed by atoms with van der Waals surface area (Å²) in [6.45, 7) is 6.36. The van der Waals surface area contributed by atoms with Gasteiger partial charge in [-0.15, -0.1) is 11.3 Å². The van der Waals surface area contributed by atoms with Crippen LogP contribution >= 0.6 is 11.3 Å². The Kier molecular flexibility index (Phi) is 6.41. The molecule has 0 radical (unpaired) electrons. The first-order valence-electron chi connectivity index (χ1n) is 6.58. The second kappa shape index (κ2) is 7.59. The van der Waals surface area contributed by atoms with E-state index in [1.165, 1.54) is 19.3 Å². The number of ketones is 1. The maximum Gasteiger partial charge on any atom is 0.139 e. The van der Waals surface area contributed by atoms with Gasteiger partial charge in [-0.25, -0.2) is 4.98 Å². The van der Waals surface area contributed by atoms with E-state index in [1.807, 2.05) is 12.3 Å². The van der Waals surface area contributed by atoms with Crippen molar-refractivity contribution in [2.24, 2.45) is 5.92 Å². The smallest absolute Gasteiger partial charge is 0.139 e. The molecule has 0 aliphatic rings. The summed E-state index contributed by atoms with van der Waals surface area (Å²) in [6, 6.07) is 0. The molecule has 2 nitrogen and oxygen atoms in total. The summed E-state index contributed by atoms with van der Waals surface area (Å²) in [4.78, 5) is 16.3. The van der Waals surface area contributed by atoms with E-state index in [2.05, 4.69) is 18.8 Å². The summed E-state index contributed by atoms with van der Waals surface area (Å²) >= 11 is 1.62. The van der Waals surface area contributed by atoms with Gasteiger partial charge in [0.2, 0.25) is 0 Å². The number of rotatable bonds is 8. The summed E-state index contributed by atoms with van der Waals surface area (Å²) < 4.78 is 0. The van der Waals surface area contributed by atoms with E-state index in [1.54, 1.807) is 11.3 Å². The summed E-state index contributed by atoms with van der Waals surface area (Å²) in [5.74, 6) is 0.917. The number of aryl methyl sites for hydroxylation is 1. The van der Waals surface area contributed by atoms with Crippen molar-refractivity contribution in [3.63, 3.8) is 0 Å². The van der Waals surface area contributed by atoms with E-state index >= 15 is 0 Å². The van der Waals surface area contributed by atoms with Crippen LogP contribution in [0.25, 0.3) is 0 Å². The van der Waals surface area contributed by atoms with Crippen LogP contribution < -0.4 is 0 Å². The van der Waals surface area contributed by atoms with Gasteiger partial charge in [0.25, 0.3) is 0 Å². The Morgan fingerprint density at radius 2 is 2.24 bits per heavy atom. The Labute approximate surface area is 108 Å². The molecule has 1 heterocycles. The van der Waals surface area contributed by atoms with Crippen molar-refractivity contribution in [2.45, 2.75) is 59.3 Å². The fourth-order valence-electron chi connectivity index (χ4n) is 2.03. The monoisotopic (exact) mass is 253 g/mol. The predicted molar refractivity (Wildman–Crippen MR) is 73.5 cm³/mol. The lowest BCUT2D eigenvalue weighted by molar-refractivity contribution is -0.119. The Morgan fingerprint density at radius 3 is 2.76 bits per heavy atom. The molecule has 0 bridgehead atoms. The van der Waals surface area contributed by atoms with Gasteiger partial charge in [0, 0.05) is 18.2 Å². The average molecular weight is 253 g/mol. The number of hydrogen-bond donors (Lipinski definition) is 0. The number of aromatic nitrogens is 1. The zero-order valence-electron chi connectivity index (χ0n) is 11.2. The molecule has 0 aliphatic heterocycles. The largest absolute Gasteiger partial charge is 0.299 e. The first kappa shape index (κ1) is 14.4. The van der Waals surface area contributed by atoms with E-state index in [0.717, 1.165) is 23.5 Å². The van der Waals surface area contributed by atoms with Crippen LogP contribution in [0.1, 0.15) is 56.7 Å². The van der Waals surface area contributed by atoms with Crippen LogP contribution in [0.15, 0.2) is 5.38 Å². The second-order valence-corrected chi connectivity index (χ2v) is 5.76. The van der Waals surface area contributed by atoms with Gasteiger partial charge in [-0.1, -0.05) is 39.5 Å². The third-order valence-corrected chi connectivity index (χ3v) is 3.93. The lowest BCUT2D eigenvalue weighted by Crippen LogP contribution is -2.10. The van der Waals surface area contributed by atoms with Gasteiger partial charge in [0.1, 0.15) is 5.78 Å². The molecule has 0 aromatic carbocycles. The Bertz CT molecular complexity index is 346. The van der Waals surface area contributed by atoms with Crippen LogP contribution in [-0.4, -0.2) is 10.8 Å². The van der Waals surface area contributed by atoms with Gasteiger partial charge in [-0.05, 0) is 12.8 Å². The van der Waals surface area contributed by atoms with Crippen molar-refractivity contribution >= 4 is 17.1 Å². The molecule has 3 heteroatoms. The van der Waals surface area contributed by atoms with Crippen LogP contribution in [-0.2, 0) is 11.2 Å². The molecule has 0 aliphatic carbocycles. The number of nitrogens with zero attached hydrogens (tertiary/aromatic N) is 1. The maximum atomic E-state index is 11.9. The molecular formula is C14H23NOS. The van der Waals surface area contributed by atoms with Gasteiger partial charge in [-0.2, -0.15) is 0 Å². The maximum absolute atomic E-state index is 11.9. The van der Waals surface area contributed by atoms with Gasteiger partial charge in [0.05, 0.1) is 10.7 Å². The molecule has 0 saturated heterocycles. The van der Waals surface area contributed by atoms with E-state index in [-0.39, 0.29) is 0 Å². The molecule has 0 saturated carbocycles. The van der Waals surface area contributed by atoms with Crippen LogP contribution in [0, 0.1) is 12.8 Å². The molecule has 17 heavy (non-hydrogen) atoms. The SMILES string of the molecule is CCCCC(CC)CC(=O)Cc1csc(C)n1. The fraction of sp³-hybridized carbons (Fsp3) is 0.714. The number of Topliss-reactive ketones (excluding diaryl/α,β-unsaturated/α-hetero) is 1. The molecule has 1 atom stereocenters. The van der Waals surface area contributed by atoms with Gasteiger partial charge >= 0.3 is 0 Å². The highest BCUT2D eigenvalue weighted by Crippen LogP contribution is 2.18. The van der Waals surface area contributed by atoms with Crippen molar-refractivity contribution in [3.05, 3.63) is 16.1 Å². The number of carbonyl (C=O) groups is 1. The second-order valence-electron chi connectivity index (χ2n) is 4.69. The van der Waals surface area contributed by atoms with Crippen molar-refractivity contribution < 1.29 is 4.79 Å². The molecule has 1 rings (SSSR count). The minimum atomic E-state index is 0.346. The Hall–Kier alpha value is -0.700. The zero-order chi connectivity index (χ0) is 12.7. The summed E-state index contributed by atoms with van der Waals surface area (Å²) in [5.41, 5.74) is 0.947.